The number of rotatable bonds is 4. The minimum atomic E-state index is -0.279. The van der Waals surface area contributed by atoms with Crippen molar-refractivity contribution >= 4 is 5.78 Å². The molecular weight excluding hydrogens is 231 g/mol. The molecule has 0 atom stereocenters. The molecule has 1 aromatic carbocycles. The van der Waals surface area contributed by atoms with E-state index in [0.29, 0.717) is 24.0 Å². The molecule has 0 fully saturated rings. The van der Waals surface area contributed by atoms with Crippen LogP contribution in [0.2, 0.25) is 0 Å². The number of nitrogens with zero attached hydrogens (tertiary/aromatic N) is 2. The van der Waals surface area contributed by atoms with Crippen LogP contribution in [0.5, 0.6) is 0 Å². The topological polar surface area (TPSA) is 34.9 Å². The van der Waals surface area contributed by atoms with Crippen LogP contribution in [0.15, 0.2) is 30.5 Å². The molecule has 0 aliphatic rings. The van der Waals surface area contributed by atoms with Crippen LogP contribution in [0.1, 0.15) is 28.0 Å². The maximum Gasteiger partial charge on any atom is 0.163 e. The van der Waals surface area contributed by atoms with Crippen molar-refractivity contribution in [3.05, 3.63) is 53.1 Å². The highest BCUT2D eigenvalue weighted by molar-refractivity contribution is 5.96. The van der Waals surface area contributed by atoms with Crippen LogP contribution in [0.3, 0.4) is 0 Å². The third-order valence-corrected chi connectivity index (χ3v) is 3.01. The summed E-state index contributed by atoms with van der Waals surface area (Å²) in [5.41, 5.74) is 2.08. The Hall–Kier alpha value is -1.97. The highest BCUT2D eigenvalue weighted by Gasteiger charge is 2.09. The van der Waals surface area contributed by atoms with Crippen LogP contribution >= 0.6 is 0 Å². The Morgan fingerprint density at radius 2 is 2.17 bits per heavy atom. The molecule has 0 aliphatic heterocycles. The molecule has 4 heteroatoms. The Labute approximate surface area is 105 Å². The molecule has 0 bridgehead atoms. The number of carbonyl (C=O) groups excluding carboxylic acids is 1. The Bertz CT molecular complexity index is 575. The molecule has 2 aromatic rings. The van der Waals surface area contributed by atoms with E-state index in [4.69, 9.17) is 0 Å². The van der Waals surface area contributed by atoms with Crippen LogP contribution < -0.4 is 0 Å². The lowest BCUT2D eigenvalue weighted by molar-refractivity contribution is 0.0982. The molecular formula is C14H15FN2O. The quantitative estimate of drug-likeness (QED) is 0.777. The summed E-state index contributed by atoms with van der Waals surface area (Å²) in [4.78, 5) is 12.0. The van der Waals surface area contributed by atoms with Gasteiger partial charge in [0.2, 0.25) is 0 Å². The molecule has 0 spiro atoms. The molecule has 18 heavy (non-hydrogen) atoms. The van der Waals surface area contributed by atoms with Crippen LogP contribution in [0.25, 0.3) is 0 Å². The van der Waals surface area contributed by atoms with Crippen LogP contribution in [-0.2, 0) is 13.5 Å². The lowest BCUT2D eigenvalue weighted by atomic mass is 10.0. The molecule has 1 aromatic heterocycles. The highest BCUT2D eigenvalue weighted by Crippen LogP contribution is 2.12. The van der Waals surface area contributed by atoms with Gasteiger partial charge in [-0.2, -0.15) is 5.10 Å². The molecule has 0 N–H and O–H groups in total. The molecule has 0 amide bonds. The van der Waals surface area contributed by atoms with Crippen molar-refractivity contribution in [2.24, 2.45) is 7.05 Å². The van der Waals surface area contributed by atoms with Crippen LogP contribution in [-0.4, -0.2) is 15.6 Å². The van der Waals surface area contributed by atoms with Gasteiger partial charge in [0.05, 0.1) is 0 Å². The summed E-state index contributed by atoms with van der Waals surface area (Å²) in [5.74, 6) is -0.252. The SMILES string of the molecule is Cc1cc(C(=O)CCc2ccnn2C)ccc1F. The zero-order valence-corrected chi connectivity index (χ0v) is 10.5. The standard InChI is InChI=1S/C14H15FN2O/c1-10-9-11(3-5-13(10)15)14(18)6-4-12-7-8-16-17(12)2/h3,5,7-9H,4,6H2,1-2H3. The number of ketones is 1. The predicted octanol–water partition coefficient (Wildman–Crippen LogP) is 2.68. The monoisotopic (exact) mass is 246 g/mol. The molecule has 0 radical (unpaired) electrons. The fourth-order valence-electron chi connectivity index (χ4n) is 1.85. The van der Waals surface area contributed by atoms with Gasteiger partial charge in [0, 0.05) is 30.9 Å². The van der Waals surface area contributed by atoms with Crippen molar-refractivity contribution in [1.82, 2.24) is 9.78 Å². The van der Waals surface area contributed by atoms with Gasteiger partial charge in [-0.15, -0.1) is 0 Å². The first-order valence-electron chi connectivity index (χ1n) is 5.84. The zero-order valence-electron chi connectivity index (χ0n) is 10.5. The third-order valence-electron chi connectivity index (χ3n) is 3.01. The zero-order chi connectivity index (χ0) is 13.1. The van der Waals surface area contributed by atoms with Gasteiger partial charge in [-0.05, 0) is 43.2 Å². The van der Waals surface area contributed by atoms with E-state index in [9.17, 15) is 9.18 Å². The average Bonchev–Trinajstić information content (AvgIpc) is 2.75. The second-order valence-corrected chi connectivity index (χ2v) is 4.33. The van der Waals surface area contributed by atoms with E-state index >= 15 is 0 Å². The summed E-state index contributed by atoms with van der Waals surface area (Å²) in [6.07, 6.45) is 2.76. The Kier molecular flexibility index (Phi) is 3.55. The fourth-order valence-corrected chi connectivity index (χ4v) is 1.85. The summed E-state index contributed by atoms with van der Waals surface area (Å²) in [7, 11) is 1.85. The number of aryl methyl sites for hydroxylation is 3. The predicted molar refractivity (Wildman–Crippen MR) is 67.0 cm³/mol. The van der Waals surface area contributed by atoms with Gasteiger partial charge in [-0.3, -0.25) is 9.48 Å². The smallest absolute Gasteiger partial charge is 0.163 e. The molecule has 0 unspecified atom stereocenters. The Balaban J connectivity index is 2.04. The number of carbonyl (C=O) groups is 1. The highest BCUT2D eigenvalue weighted by atomic mass is 19.1. The van der Waals surface area contributed by atoms with E-state index in [1.807, 2.05) is 13.1 Å². The largest absolute Gasteiger partial charge is 0.294 e. The van der Waals surface area contributed by atoms with Crippen molar-refractivity contribution < 1.29 is 9.18 Å². The van der Waals surface area contributed by atoms with E-state index in [-0.39, 0.29) is 11.6 Å². The van der Waals surface area contributed by atoms with Gasteiger partial charge in [-0.1, -0.05) is 0 Å². The van der Waals surface area contributed by atoms with Gasteiger partial charge in [0.1, 0.15) is 5.82 Å². The van der Waals surface area contributed by atoms with Crippen molar-refractivity contribution in [1.29, 1.82) is 0 Å². The Morgan fingerprint density at radius 3 is 2.78 bits per heavy atom. The number of hydrogen-bond donors (Lipinski definition) is 0. The molecule has 3 nitrogen and oxygen atoms in total. The third kappa shape index (κ3) is 2.64. The first-order valence-corrected chi connectivity index (χ1v) is 5.84. The minimum Gasteiger partial charge on any atom is -0.294 e. The van der Waals surface area contributed by atoms with Gasteiger partial charge in [0.25, 0.3) is 0 Å². The summed E-state index contributed by atoms with van der Waals surface area (Å²) in [6.45, 7) is 1.66. The molecule has 2 rings (SSSR count). The van der Waals surface area contributed by atoms with Crippen molar-refractivity contribution in [3.8, 4) is 0 Å². The molecule has 94 valence electrons. The number of hydrogen-bond acceptors (Lipinski definition) is 2. The summed E-state index contributed by atoms with van der Waals surface area (Å²) < 4.78 is 14.9. The summed E-state index contributed by atoms with van der Waals surface area (Å²) >= 11 is 0. The second-order valence-electron chi connectivity index (χ2n) is 4.33. The van der Waals surface area contributed by atoms with Gasteiger partial charge < -0.3 is 0 Å². The fraction of sp³-hybridized carbons (Fsp3) is 0.286. The van der Waals surface area contributed by atoms with E-state index in [1.54, 1.807) is 23.9 Å². The lowest BCUT2D eigenvalue weighted by Crippen LogP contribution is -2.05. The first-order chi connectivity index (χ1) is 8.58. The van der Waals surface area contributed by atoms with Gasteiger partial charge >= 0.3 is 0 Å². The van der Waals surface area contributed by atoms with Crippen LogP contribution in [0, 0.1) is 12.7 Å². The van der Waals surface area contributed by atoms with E-state index in [0.717, 1.165) is 5.69 Å². The average molecular weight is 246 g/mol. The first kappa shape index (κ1) is 12.5. The number of halogens is 1. The maximum absolute atomic E-state index is 13.1. The number of benzene rings is 1. The normalized spacial score (nSPS) is 10.6. The minimum absolute atomic E-state index is 0.0271. The van der Waals surface area contributed by atoms with Gasteiger partial charge in [0.15, 0.2) is 5.78 Å². The maximum atomic E-state index is 13.1. The van der Waals surface area contributed by atoms with Crippen LogP contribution in [0.4, 0.5) is 4.39 Å². The molecule has 0 saturated heterocycles. The second kappa shape index (κ2) is 5.12. The van der Waals surface area contributed by atoms with Crippen molar-refractivity contribution in [3.63, 3.8) is 0 Å². The number of Topliss-reactive ketones (excluding diaryl/α,β-unsaturated/α-hetero) is 1. The molecule has 0 saturated carbocycles. The summed E-state index contributed by atoms with van der Waals surface area (Å²) in [6, 6.07) is 6.37. The van der Waals surface area contributed by atoms with Gasteiger partial charge in [-0.25, -0.2) is 4.39 Å². The summed E-state index contributed by atoms with van der Waals surface area (Å²) in [5, 5.41) is 4.05. The molecule has 1 heterocycles. The molecule has 0 aliphatic carbocycles. The number of aromatic nitrogens is 2. The van der Waals surface area contributed by atoms with E-state index in [1.165, 1.54) is 12.1 Å². The lowest BCUT2D eigenvalue weighted by Gasteiger charge is -2.04. The van der Waals surface area contributed by atoms with E-state index < -0.39 is 0 Å². The van der Waals surface area contributed by atoms with E-state index in [2.05, 4.69) is 5.10 Å². The van der Waals surface area contributed by atoms with Crippen molar-refractivity contribution in [2.45, 2.75) is 19.8 Å². The Morgan fingerprint density at radius 1 is 1.39 bits per heavy atom. The van der Waals surface area contributed by atoms with Crippen molar-refractivity contribution in [2.75, 3.05) is 0 Å².